The van der Waals surface area contributed by atoms with E-state index in [2.05, 4.69) is 19.9 Å². The summed E-state index contributed by atoms with van der Waals surface area (Å²) >= 11 is 0. The summed E-state index contributed by atoms with van der Waals surface area (Å²) in [4.78, 5) is 11.3. The minimum Gasteiger partial charge on any atom is -0.481 e. The summed E-state index contributed by atoms with van der Waals surface area (Å²) in [6.07, 6.45) is 9.26. The van der Waals surface area contributed by atoms with Crippen LogP contribution in [0.3, 0.4) is 0 Å². The molecule has 4 nitrogen and oxygen atoms in total. The van der Waals surface area contributed by atoms with Crippen molar-refractivity contribution in [3.8, 4) is 0 Å². The van der Waals surface area contributed by atoms with Gasteiger partial charge in [-0.25, -0.2) is 0 Å². The molecular formula is C18H34O4. The average molecular weight is 314 g/mol. The Bertz CT molecular complexity index is 295. The molecule has 2 atom stereocenters. The molecule has 0 saturated heterocycles. The fourth-order valence-electron chi connectivity index (χ4n) is 2.34. The summed E-state index contributed by atoms with van der Waals surface area (Å²) < 4.78 is 10.9. The van der Waals surface area contributed by atoms with Crippen molar-refractivity contribution in [1.29, 1.82) is 0 Å². The van der Waals surface area contributed by atoms with Crippen molar-refractivity contribution < 1.29 is 19.4 Å². The molecule has 0 heterocycles. The minimum atomic E-state index is -0.649. The van der Waals surface area contributed by atoms with Crippen LogP contribution in [-0.4, -0.2) is 30.6 Å². The maximum Gasteiger partial charge on any atom is 0.306 e. The van der Waals surface area contributed by atoms with Gasteiger partial charge in [0, 0.05) is 13.2 Å². The molecule has 0 amide bonds. The number of hydrogen-bond donors (Lipinski definition) is 1. The molecule has 0 radical (unpaired) electrons. The number of rotatable bonds is 14. The molecule has 0 aromatic carbocycles. The number of ether oxygens (including phenoxy) is 2. The van der Waals surface area contributed by atoms with Crippen LogP contribution in [0.5, 0.6) is 0 Å². The molecule has 22 heavy (non-hydrogen) atoms. The topological polar surface area (TPSA) is 55.8 Å². The zero-order valence-corrected chi connectivity index (χ0v) is 14.7. The van der Waals surface area contributed by atoms with Crippen LogP contribution in [0.2, 0.25) is 0 Å². The van der Waals surface area contributed by atoms with E-state index in [0.717, 1.165) is 38.5 Å². The Kier molecular flexibility index (Phi) is 13.2. The van der Waals surface area contributed by atoms with Crippen LogP contribution in [0.4, 0.5) is 0 Å². The molecule has 2 unspecified atom stereocenters. The summed E-state index contributed by atoms with van der Waals surface area (Å²) in [5.41, 5.74) is 0. The van der Waals surface area contributed by atoms with Gasteiger partial charge in [0.05, 0.1) is 5.92 Å². The molecule has 0 saturated carbocycles. The number of aliphatic carboxylic acids is 1. The predicted molar refractivity (Wildman–Crippen MR) is 89.8 cm³/mol. The lowest BCUT2D eigenvalue weighted by Gasteiger charge is -2.16. The van der Waals surface area contributed by atoms with E-state index < -0.39 is 5.97 Å². The number of unbranched alkanes of at least 4 members (excludes halogenated alkanes) is 2. The fraction of sp³-hybridized carbons (Fsp3) is 0.833. The standard InChI is InChI=1S/C18H34O4/c1-5-15(4)14-16(18(19)20)12-10-8-9-11-13-17(21-6-2)22-7-3/h11,13,15-17H,5-10,12,14H2,1-4H3,(H,19,20)/b13-11+. The Hall–Kier alpha value is -0.870. The van der Waals surface area contributed by atoms with Crippen molar-refractivity contribution in [2.24, 2.45) is 11.8 Å². The molecule has 0 aliphatic carbocycles. The van der Waals surface area contributed by atoms with E-state index in [-0.39, 0.29) is 12.2 Å². The smallest absolute Gasteiger partial charge is 0.306 e. The van der Waals surface area contributed by atoms with Gasteiger partial charge < -0.3 is 14.6 Å². The van der Waals surface area contributed by atoms with Crippen LogP contribution < -0.4 is 0 Å². The lowest BCUT2D eigenvalue weighted by molar-refractivity contribution is -0.142. The predicted octanol–water partition coefficient (Wildman–Crippen LogP) is 4.64. The summed E-state index contributed by atoms with van der Waals surface area (Å²) in [7, 11) is 0. The van der Waals surface area contributed by atoms with Gasteiger partial charge in [-0.3, -0.25) is 4.79 Å². The second-order valence-electron chi connectivity index (χ2n) is 5.78. The van der Waals surface area contributed by atoms with Crippen molar-refractivity contribution in [2.45, 2.75) is 72.5 Å². The lowest BCUT2D eigenvalue weighted by Crippen LogP contribution is -2.16. The fourth-order valence-corrected chi connectivity index (χ4v) is 2.34. The van der Waals surface area contributed by atoms with Gasteiger partial charge in [0.15, 0.2) is 6.29 Å². The highest BCUT2D eigenvalue weighted by Crippen LogP contribution is 2.21. The molecule has 130 valence electrons. The summed E-state index contributed by atoms with van der Waals surface area (Å²) in [5.74, 6) is -0.360. The quantitative estimate of drug-likeness (QED) is 0.288. The van der Waals surface area contributed by atoms with Crippen molar-refractivity contribution in [2.75, 3.05) is 13.2 Å². The van der Waals surface area contributed by atoms with Crippen molar-refractivity contribution in [3.63, 3.8) is 0 Å². The highest BCUT2D eigenvalue weighted by atomic mass is 16.7. The summed E-state index contributed by atoms with van der Waals surface area (Å²) in [5, 5.41) is 9.26. The molecule has 0 fully saturated rings. The molecule has 0 aliphatic rings. The molecule has 0 bridgehead atoms. The SMILES string of the molecule is CCOC(/C=C/CCCCC(CC(C)CC)C(=O)O)OCC. The summed E-state index contributed by atoms with van der Waals surface area (Å²) in [6.45, 7) is 9.39. The van der Waals surface area contributed by atoms with Gasteiger partial charge in [0.1, 0.15) is 0 Å². The first-order valence-corrected chi connectivity index (χ1v) is 8.67. The van der Waals surface area contributed by atoms with Gasteiger partial charge in [0.25, 0.3) is 0 Å². The van der Waals surface area contributed by atoms with Crippen LogP contribution in [-0.2, 0) is 14.3 Å². The first kappa shape index (κ1) is 21.1. The molecular weight excluding hydrogens is 280 g/mol. The van der Waals surface area contributed by atoms with E-state index in [0.29, 0.717) is 19.1 Å². The number of carbonyl (C=O) groups is 1. The number of allylic oxidation sites excluding steroid dienone is 1. The molecule has 0 aromatic rings. The van der Waals surface area contributed by atoms with E-state index >= 15 is 0 Å². The van der Waals surface area contributed by atoms with Crippen LogP contribution in [0.1, 0.15) is 66.2 Å². The highest BCUT2D eigenvalue weighted by Gasteiger charge is 2.19. The maximum atomic E-state index is 11.3. The Morgan fingerprint density at radius 1 is 1.14 bits per heavy atom. The third-order valence-electron chi connectivity index (χ3n) is 3.86. The maximum absolute atomic E-state index is 11.3. The molecule has 0 spiro atoms. The van der Waals surface area contributed by atoms with Crippen molar-refractivity contribution in [1.82, 2.24) is 0 Å². The van der Waals surface area contributed by atoms with Crippen molar-refractivity contribution in [3.05, 3.63) is 12.2 Å². The van der Waals surface area contributed by atoms with E-state index in [9.17, 15) is 9.90 Å². The highest BCUT2D eigenvalue weighted by molar-refractivity contribution is 5.69. The second kappa shape index (κ2) is 13.8. The molecule has 0 aliphatic heterocycles. The molecule has 4 heteroatoms. The van der Waals surface area contributed by atoms with Gasteiger partial charge in [-0.05, 0) is 51.5 Å². The van der Waals surface area contributed by atoms with Crippen molar-refractivity contribution >= 4 is 5.97 Å². The van der Waals surface area contributed by atoms with Gasteiger partial charge in [-0.1, -0.05) is 32.8 Å². The second-order valence-corrected chi connectivity index (χ2v) is 5.78. The molecule has 0 rings (SSSR count). The number of carboxylic acid groups (broad SMARTS) is 1. The van der Waals surface area contributed by atoms with Crippen LogP contribution in [0.25, 0.3) is 0 Å². The number of carboxylic acids is 1. The monoisotopic (exact) mass is 314 g/mol. The van der Waals surface area contributed by atoms with Crippen LogP contribution in [0, 0.1) is 11.8 Å². The molecule has 0 aromatic heterocycles. The largest absolute Gasteiger partial charge is 0.481 e. The van der Waals surface area contributed by atoms with E-state index in [1.807, 2.05) is 19.9 Å². The first-order chi connectivity index (χ1) is 10.5. The zero-order chi connectivity index (χ0) is 16.8. The molecule has 1 N–H and O–H groups in total. The zero-order valence-electron chi connectivity index (χ0n) is 14.7. The van der Waals surface area contributed by atoms with Crippen LogP contribution >= 0.6 is 0 Å². The van der Waals surface area contributed by atoms with Gasteiger partial charge in [0.2, 0.25) is 0 Å². The number of hydrogen-bond acceptors (Lipinski definition) is 3. The average Bonchev–Trinajstić information content (AvgIpc) is 2.49. The first-order valence-electron chi connectivity index (χ1n) is 8.67. The third kappa shape index (κ3) is 10.8. The van der Waals surface area contributed by atoms with Crippen LogP contribution in [0.15, 0.2) is 12.2 Å². The Balaban J connectivity index is 3.95. The van der Waals surface area contributed by atoms with Gasteiger partial charge in [-0.15, -0.1) is 0 Å². The minimum absolute atomic E-state index is 0.196. The Labute approximate surface area is 135 Å². The normalized spacial score (nSPS) is 14.6. The van der Waals surface area contributed by atoms with Gasteiger partial charge in [-0.2, -0.15) is 0 Å². The van der Waals surface area contributed by atoms with Gasteiger partial charge >= 0.3 is 5.97 Å². The third-order valence-corrected chi connectivity index (χ3v) is 3.86. The van der Waals surface area contributed by atoms with E-state index in [1.54, 1.807) is 0 Å². The van der Waals surface area contributed by atoms with E-state index in [1.165, 1.54) is 0 Å². The van der Waals surface area contributed by atoms with E-state index in [4.69, 9.17) is 9.47 Å². The Morgan fingerprint density at radius 2 is 1.77 bits per heavy atom. The lowest BCUT2D eigenvalue weighted by atomic mass is 9.90. The Morgan fingerprint density at radius 3 is 2.27 bits per heavy atom. The summed E-state index contributed by atoms with van der Waals surface area (Å²) in [6, 6.07) is 0.